The number of hydrogen-bond acceptors (Lipinski definition) is 7. The van der Waals surface area contributed by atoms with Gasteiger partial charge in [-0.15, -0.1) is 0 Å². The fourth-order valence-electron chi connectivity index (χ4n) is 6.23. The van der Waals surface area contributed by atoms with Crippen LogP contribution in [0.4, 0.5) is 5.69 Å². The van der Waals surface area contributed by atoms with E-state index in [1.54, 1.807) is 18.2 Å². The molecule has 2 amide bonds. The van der Waals surface area contributed by atoms with Gasteiger partial charge >= 0.3 is 0 Å². The predicted octanol–water partition coefficient (Wildman–Crippen LogP) is 3.48. The maximum atomic E-state index is 13.7. The monoisotopic (exact) mass is 514 g/mol. The number of primary amides is 1. The van der Waals surface area contributed by atoms with E-state index in [0.717, 1.165) is 24.0 Å². The largest absolute Gasteiger partial charge is 0.511 e. The van der Waals surface area contributed by atoms with Crippen molar-refractivity contribution in [3.8, 4) is 16.9 Å². The van der Waals surface area contributed by atoms with E-state index in [1.165, 1.54) is 6.07 Å². The van der Waals surface area contributed by atoms with Gasteiger partial charge in [-0.2, -0.15) is 0 Å². The van der Waals surface area contributed by atoms with Crippen molar-refractivity contribution in [2.75, 3.05) is 5.32 Å². The third kappa shape index (κ3) is 3.69. The Labute approximate surface area is 217 Å². The first kappa shape index (κ1) is 24.0. The molecule has 2 aromatic carbocycles. The summed E-state index contributed by atoms with van der Waals surface area (Å²) in [6.45, 7) is 0. The zero-order chi connectivity index (χ0) is 26.9. The molecule has 0 bridgehead atoms. The van der Waals surface area contributed by atoms with Crippen LogP contribution in [0.2, 0.25) is 0 Å². The van der Waals surface area contributed by atoms with Gasteiger partial charge < -0.3 is 26.4 Å². The topological polar surface area (TPSA) is 167 Å². The van der Waals surface area contributed by atoms with Crippen LogP contribution in [0.15, 0.2) is 59.1 Å². The molecule has 9 heteroatoms. The van der Waals surface area contributed by atoms with Crippen molar-refractivity contribution in [2.24, 2.45) is 29.4 Å². The van der Waals surface area contributed by atoms with Crippen molar-refractivity contribution >= 4 is 29.1 Å². The van der Waals surface area contributed by atoms with Crippen LogP contribution in [0.3, 0.4) is 0 Å². The van der Waals surface area contributed by atoms with Crippen molar-refractivity contribution in [1.29, 1.82) is 0 Å². The number of rotatable bonds is 4. The first-order valence-electron chi connectivity index (χ1n) is 12.7. The number of amides is 2. The van der Waals surface area contributed by atoms with Crippen molar-refractivity contribution < 1.29 is 34.5 Å². The van der Waals surface area contributed by atoms with E-state index >= 15 is 0 Å². The number of phenolic OH excluding ortho intramolecular Hbond substituents is 1. The van der Waals surface area contributed by atoms with Crippen LogP contribution in [0.25, 0.3) is 11.1 Å². The summed E-state index contributed by atoms with van der Waals surface area (Å²) >= 11 is 0. The predicted molar refractivity (Wildman–Crippen MR) is 136 cm³/mol. The van der Waals surface area contributed by atoms with Gasteiger partial charge in [0.1, 0.15) is 22.8 Å². The molecular weight excluding hydrogens is 488 g/mol. The minimum Gasteiger partial charge on any atom is -0.511 e. The smallest absolute Gasteiger partial charge is 0.255 e. The number of hydrogen-bond donors (Lipinski definition) is 5. The molecule has 0 radical (unpaired) electrons. The van der Waals surface area contributed by atoms with Gasteiger partial charge in [0.25, 0.3) is 5.91 Å². The van der Waals surface area contributed by atoms with Crippen LogP contribution in [0.5, 0.6) is 5.75 Å². The molecule has 1 unspecified atom stereocenters. The number of anilines is 1. The Morgan fingerprint density at radius 2 is 1.66 bits per heavy atom. The van der Waals surface area contributed by atoms with E-state index in [9.17, 15) is 34.5 Å². The number of carbonyl (C=O) groups is 4. The summed E-state index contributed by atoms with van der Waals surface area (Å²) < 4.78 is 0. The summed E-state index contributed by atoms with van der Waals surface area (Å²) in [4.78, 5) is 50.5. The van der Waals surface area contributed by atoms with Crippen LogP contribution in [0.1, 0.15) is 41.6 Å². The molecule has 1 fully saturated rings. The number of allylic oxidation sites excluding steroid dienone is 3. The van der Waals surface area contributed by atoms with Gasteiger partial charge in [0, 0.05) is 23.6 Å². The van der Waals surface area contributed by atoms with E-state index in [2.05, 4.69) is 5.32 Å². The highest BCUT2D eigenvalue weighted by atomic mass is 16.3. The van der Waals surface area contributed by atoms with Crippen LogP contribution in [0, 0.1) is 23.7 Å². The quantitative estimate of drug-likeness (QED) is 0.389. The lowest BCUT2D eigenvalue weighted by Crippen LogP contribution is -2.43. The number of aliphatic hydroxyl groups excluding tert-OH is 2. The molecule has 4 aliphatic carbocycles. The number of aliphatic hydroxyl groups is 2. The number of carbonyl (C=O) groups excluding carboxylic acids is 4. The van der Waals surface area contributed by atoms with Gasteiger partial charge in [-0.3, -0.25) is 19.2 Å². The number of ketones is 2. The van der Waals surface area contributed by atoms with Crippen LogP contribution in [-0.4, -0.2) is 38.7 Å². The second-order valence-corrected chi connectivity index (χ2v) is 10.6. The number of fused-ring (bicyclic) bond motifs is 3. The molecule has 4 aliphatic rings. The maximum absolute atomic E-state index is 13.7. The number of Topliss-reactive ketones (excluding diaryl/α,β-unsaturated/α-hetero) is 2. The van der Waals surface area contributed by atoms with E-state index in [4.69, 9.17) is 5.73 Å². The molecular formula is C29H26N2O7. The number of nitrogens with two attached hydrogens (primary N) is 1. The third-order valence-electron chi connectivity index (χ3n) is 8.18. The number of nitrogens with one attached hydrogen (secondary N) is 1. The minimum absolute atomic E-state index is 0.00473. The number of aromatic hydroxyl groups is 1. The van der Waals surface area contributed by atoms with Crippen molar-refractivity contribution in [3.63, 3.8) is 0 Å². The minimum atomic E-state index is -1.14. The molecule has 6 N–H and O–H groups in total. The zero-order valence-electron chi connectivity index (χ0n) is 20.4. The van der Waals surface area contributed by atoms with Crippen LogP contribution < -0.4 is 11.1 Å². The van der Waals surface area contributed by atoms with E-state index in [0.29, 0.717) is 24.1 Å². The lowest BCUT2D eigenvalue weighted by molar-refractivity contribution is -0.126. The van der Waals surface area contributed by atoms with E-state index < -0.39 is 52.3 Å². The van der Waals surface area contributed by atoms with E-state index in [1.807, 2.05) is 12.1 Å². The summed E-state index contributed by atoms with van der Waals surface area (Å²) in [5, 5.41) is 35.0. The molecule has 2 aromatic rings. The number of benzene rings is 2. The van der Waals surface area contributed by atoms with Gasteiger partial charge in [0.15, 0.2) is 11.6 Å². The van der Waals surface area contributed by atoms with Crippen molar-refractivity contribution in [2.45, 2.75) is 32.1 Å². The second kappa shape index (κ2) is 8.58. The summed E-state index contributed by atoms with van der Waals surface area (Å²) in [5.74, 6) is -5.47. The average Bonchev–Trinajstić information content (AvgIpc) is 3.70. The molecule has 38 heavy (non-hydrogen) atoms. The molecule has 0 aliphatic heterocycles. The highest BCUT2D eigenvalue weighted by Gasteiger charge is 2.50. The Morgan fingerprint density at radius 3 is 2.32 bits per heavy atom. The fourth-order valence-corrected chi connectivity index (χ4v) is 6.23. The highest BCUT2D eigenvalue weighted by molar-refractivity contribution is 6.22. The first-order valence-corrected chi connectivity index (χ1v) is 12.7. The summed E-state index contributed by atoms with van der Waals surface area (Å²) in [5.41, 5.74) is 7.71. The SMILES string of the molecule is NC(=O)C1=C(O)C[C@@H]2C[C@@H]3Cc4c(-c5ccc(NC(=O)C6CC6)cc5)ccc(O)c4C(=O)C3=C(O)C2C1=O. The Bertz CT molecular complexity index is 1500. The van der Waals surface area contributed by atoms with Crippen molar-refractivity contribution in [1.82, 2.24) is 0 Å². The standard InChI is InChI=1S/C29H26N2O7/c30-28(37)24-20(33)11-15-9-14-10-18-17(12-3-5-16(6-4-12)31-29(38)13-1-2-13)7-8-19(32)23(18)26(35)21(14)25(34)22(15)27(24)36/h3-8,13-15,22,32-34H,1-2,9-11H2,(H2,30,37)(H,31,38)/t14-,15+,22?/m1/s1. The Hall–Kier alpha value is -4.40. The lowest BCUT2D eigenvalue weighted by Gasteiger charge is -2.41. The Balaban J connectivity index is 1.37. The first-order chi connectivity index (χ1) is 18.2. The lowest BCUT2D eigenvalue weighted by atomic mass is 9.62. The Morgan fingerprint density at radius 1 is 0.947 bits per heavy atom. The second-order valence-electron chi connectivity index (χ2n) is 10.6. The summed E-state index contributed by atoms with van der Waals surface area (Å²) in [7, 11) is 0. The van der Waals surface area contributed by atoms with Crippen LogP contribution in [-0.2, 0) is 20.8 Å². The van der Waals surface area contributed by atoms with Gasteiger partial charge in [-0.25, -0.2) is 0 Å². The molecule has 0 aromatic heterocycles. The fraction of sp³-hybridized carbons (Fsp3) is 0.310. The third-order valence-corrected chi connectivity index (χ3v) is 8.18. The van der Waals surface area contributed by atoms with E-state index in [-0.39, 0.29) is 35.1 Å². The van der Waals surface area contributed by atoms with Gasteiger partial charge in [-0.1, -0.05) is 18.2 Å². The maximum Gasteiger partial charge on any atom is 0.255 e. The van der Waals surface area contributed by atoms with Crippen molar-refractivity contribution in [3.05, 3.63) is 70.2 Å². The molecule has 0 heterocycles. The Kier molecular flexibility index (Phi) is 5.41. The molecule has 1 saturated carbocycles. The summed E-state index contributed by atoms with van der Waals surface area (Å²) in [6, 6.07) is 10.4. The summed E-state index contributed by atoms with van der Waals surface area (Å²) in [6.07, 6.45) is 2.46. The van der Waals surface area contributed by atoms with Crippen LogP contribution >= 0.6 is 0 Å². The molecule has 0 saturated heterocycles. The molecule has 3 atom stereocenters. The average molecular weight is 515 g/mol. The molecule has 0 spiro atoms. The molecule has 9 nitrogen and oxygen atoms in total. The van der Waals surface area contributed by atoms with Gasteiger partial charge in [0.05, 0.1) is 11.5 Å². The van der Waals surface area contributed by atoms with Gasteiger partial charge in [-0.05, 0) is 72.4 Å². The normalized spacial score (nSPS) is 24.5. The highest BCUT2D eigenvalue weighted by Crippen LogP contribution is 2.50. The molecule has 6 rings (SSSR count). The molecule has 194 valence electrons. The van der Waals surface area contributed by atoms with Gasteiger partial charge in [0.2, 0.25) is 5.91 Å². The number of phenols is 1. The zero-order valence-corrected chi connectivity index (χ0v) is 20.4.